The Hall–Kier alpha value is -2.64. The van der Waals surface area contributed by atoms with Gasteiger partial charge >= 0.3 is 5.97 Å². The van der Waals surface area contributed by atoms with Crippen molar-refractivity contribution in [3.63, 3.8) is 0 Å². The Morgan fingerprint density at radius 1 is 1.11 bits per heavy atom. The zero-order valence-corrected chi connectivity index (χ0v) is 16.5. The van der Waals surface area contributed by atoms with Crippen LogP contribution in [0.5, 0.6) is 0 Å². The number of hydrogen-bond donors (Lipinski definition) is 1. The second-order valence-electron chi connectivity index (χ2n) is 6.46. The summed E-state index contributed by atoms with van der Waals surface area (Å²) in [5, 5.41) is 3.01. The van der Waals surface area contributed by atoms with Crippen molar-refractivity contribution in [1.82, 2.24) is 9.88 Å². The summed E-state index contributed by atoms with van der Waals surface area (Å²) in [7, 11) is 0. The van der Waals surface area contributed by atoms with Crippen molar-refractivity contribution >= 4 is 34.9 Å². The molecule has 0 spiro atoms. The summed E-state index contributed by atoms with van der Waals surface area (Å²) in [6.45, 7) is 6.99. The van der Waals surface area contributed by atoms with E-state index in [1.54, 1.807) is 0 Å². The lowest BCUT2D eigenvalue weighted by Crippen LogP contribution is -2.46. The molecule has 1 N–H and O–H groups in total. The van der Waals surface area contributed by atoms with Crippen LogP contribution < -0.4 is 10.2 Å². The number of halogens is 1. The van der Waals surface area contributed by atoms with Gasteiger partial charge in [-0.1, -0.05) is 18.5 Å². The lowest BCUT2D eigenvalue weighted by Gasteiger charge is -2.35. The quantitative estimate of drug-likeness (QED) is 0.591. The Morgan fingerprint density at radius 2 is 1.82 bits per heavy atom. The van der Waals surface area contributed by atoms with Gasteiger partial charge in [-0.2, -0.15) is 0 Å². The third-order valence-electron chi connectivity index (χ3n) is 4.63. The molecule has 0 bridgehead atoms. The molecule has 3 rings (SSSR count). The number of esters is 1. The van der Waals surface area contributed by atoms with Crippen LogP contribution in [-0.4, -0.2) is 61.1 Å². The third-order valence-corrected chi connectivity index (χ3v) is 4.86. The molecule has 1 aromatic carbocycles. The first-order chi connectivity index (χ1) is 13.5. The Balaban J connectivity index is 1.46. The molecule has 148 valence electrons. The van der Waals surface area contributed by atoms with E-state index in [9.17, 15) is 9.59 Å². The number of benzene rings is 1. The highest BCUT2D eigenvalue weighted by Gasteiger charge is 2.16. The number of carbonyl (C=O) groups is 2. The largest absolute Gasteiger partial charge is 0.452 e. The van der Waals surface area contributed by atoms with E-state index < -0.39 is 11.9 Å². The van der Waals surface area contributed by atoms with Crippen LogP contribution in [0.2, 0.25) is 5.15 Å². The average Bonchev–Trinajstić information content (AvgIpc) is 2.73. The Kier molecular flexibility index (Phi) is 6.84. The maximum atomic E-state index is 12.0. The van der Waals surface area contributed by atoms with Gasteiger partial charge in [0.05, 0.1) is 5.56 Å². The smallest absolute Gasteiger partial charge is 0.340 e. The van der Waals surface area contributed by atoms with Gasteiger partial charge in [-0.25, -0.2) is 9.78 Å². The van der Waals surface area contributed by atoms with Crippen LogP contribution in [0.15, 0.2) is 42.6 Å². The number of anilines is 2. The minimum atomic E-state index is -0.624. The van der Waals surface area contributed by atoms with Gasteiger partial charge in [-0.05, 0) is 42.9 Å². The molecule has 1 aliphatic heterocycles. The number of hydrogen-bond acceptors (Lipinski definition) is 6. The van der Waals surface area contributed by atoms with E-state index >= 15 is 0 Å². The van der Waals surface area contributed by atoms with Crippen molar-refractivity contribution in [2.45, 2.75) is 6.92 Å². The normalized spacial score (nSPS) is 14.6. The summed E-state index contributed by atoms with van der Waals surface area (Å²) in [4.78, 5) is 32.5. The molecular weight excluding hydrogens is 380 g/mol. The number of amides is 1. The number of likely N-dealkylation sites (N-methyl/N-ethyl adjacent to an activating group) is 1. The number of ether oxygens (including phenoxy) is 1. The fourth-order valence-electron chi connectivity index (χ4n) is 2.99. The molecule has 0 saturated carbocycles. The fraction of sp³-hybridized carbons (Fsp3) is 0.350. The summed E-state index contributed by atoms with van der Waals surface area (Å²) < 4.78 is 4.99. The zero-order chi connectivity index (χ0) is 19.9. The van der Waals surface area contributed by atoms with Gasteiger partial charge in [-0.3, -0.25) is 4.79 Å². The van der Waals surface area contributed by atoms with Crippen molar-refractivity contribution < 1.29 is 14.3 Å². The number of pyridine rings is 1. The third kappa shape index (κ3) is 5.43. The highest BCUT2D eigenvalue weighted by molar-refractivity contribution is 6.29. The van der Waals surface area contributed by atoms with Crippen molar-refractivity contribution in [1.29, 1.82) is 0 Å². The summed E-state index contributed by atoms with van der Waals surface area (Å²) in [6, 6.07) is 10.7. The molecule has 1 saturated heterocycles. The van der Waals surface area contributed by atoms with Crippen LogP contribution in [0.4, 0.5) is 11.4 Å². The molecule has 1 aliphatic rings. The maximum Gasteiger partial charge on any atom is 0.340 e. The monoisotopic (exact) mass is 402 g/mol. The topological polar surface area (TPSA) is 74.8 Å². The Labute approximate surface area is 169 Å². The lowest BCUT2D eigenvalue weighted by molar-refractivity contribution is -0.119. The van der Waals surface area contributed by atoms with E-state index in [2.05, 4.69) is 27.0 Å². The van der Waals surface area contributed by atoms with Gasteiger partial charge in [0.2, 0.25) is 0 Å². The second kappa shape index (κ2) is 9.52. The van der Waals surface area contributed by atoms with Gasteiger partial charge in [0.15, 0.2) is 6.61 Å². The van der Waals surface area contributed by atoms with Crippen molar-refractivity contribution in [3.05, 3.63) is 53.3 Å². The van der Waals surface area contributed by atoms with Crippen molar-refractivity contribution in [2.75, 3.05) is 49.5 Å². The van der Waals surface area contributed by atoms with E-state index in [-0.39, 0.29) is 17.3 Å². The minimum absolute atomic E-state index is 0.240. The summed E-state index contributed by atoms with van der Waals surface area (Å²) in [5.74, 6) is -1.03. The number of piperazine rings is 1. The van der Waals surface area contributed by atoms with Crippen molar-refractivity contribution in [2.24, 2.45) is 0 Å². The van der Waals surface area contributed by atoms with Gasteiger partial charge in [0, 0.05) is 43.8 Å². The van der Waals surface area contributed by atoms with E-state index in [1.165, 1.54) is 18.3 Å². The standard InChI is InChI=1S/C20H23ClN4O3/c1-2-24-9-11-25(12-10-24)17-6-4-16(5-7-17)23-19(26)14-28-20(27)15-3-8-18(21)22-13-15/h3-8,13H,2,9-12,14H2,1H3,(H,23,26). The Morgan fingerprint density at radius 3 is 2.43 bits per heavy atom. The molecule has 7 nitrogen and oxygen atoms in total. The molecule has 8 heteroatoms. The molecule has 0 aliphatic carbocycles. The summed E-state index contributed by atoms with van der Waals surface area (Å²) >= 11 is 5.68. The van der Waals surface area contributed by atoms with E-state index in [4.69, 9.17) is 16.3 Å². The van der Waals surface area contributed by atoms with Crippen LogP contribution in [0.3, 0.4) is 0 Å². The molecular formula is C20H23ClN4O3. The van der Waals surface area contributed by atoms with Crippen molar-refractivity contribution in [3.8, 4) is 0 Å². The first-order valence-electron chi connectivity index (χ1n) is 9.21. The SMILES string of the molecule is CCN1CCN(c2ccc(NC(=O)COC(=O)c3ccc(Cl)nc3)cc2)CC1. The van der Waals surface area contributed by atoms with E-state index in [0.717, 1.165) is 38.4 Å². The number of rotatable bonds is 6. The molecule has 0 unspecified atom stereocenters. The number of carbonyl (C=O) groups excluding carboxylic acids is 2. The second-order valence-corrected chi connectivity index (χ2v) is 6.85. The maximum absolute atomic E-state index is 12.0. The number of aromatic nitrogens is 1. The Bertz CT molecular complexity index is 803. The first-order valence-corrected chi connectivity index (χ1v) is 9.59. The van der Waals surface area contributed by atoms with Crippen LogP contribution in [-0.2, 0) is 9.53 Å². The summed E-state index contributed by atoms with van der Waals surface area (Å²) in [6.07, 6.45) is 1.31. The zero-order valence-electron chi connectivity index (χ0n) is 15.7. The van der Waals surface area contributed by atoms with Crippen LogP contribution >= 0.6 is 11.6 Å². The molecule has 28 heavy (non-hydrogen) atoms. The average molecular weight is 403 g/mol. The van der Waals surface area contributed by atoms with Crippen LogP contribution in [0.1, 0.15) is 17.3 Å². The molecule has 2 aromatic rings. The number of nitrogens with zero attached hydrogens (tertiary/aromatic N) is 3. The highest BCUT2D eigenvalue weighted by atomic mass is 35.5. The molecule has 2 heterocycles. The molecule has 1 amide bonds. The predicted octanol–water partition coefficient (Wildman–Crippen LogP) is 2.67. The van der Waals surface area contributed by atoms with Gasteiger partial charge in [0.1, 0.15) is 5.15 Å². The molecule has 0 radical (unpaired) electrons. The number of nitrogens with one attached hydrogen (secondary N) is 1. The fourth-order valence-corrected chi connectivity index (χ4v) is 3.10. The molecule has 0 atom stereocenters. The lowest BCUT2D eigenvalue weighted by atomic mass is 10.2. The summed E-state index contributed by atoms with van der Waals surface area (Å²) in [5.41, 5.74) is 2.03. The predicted molar refractivity (Wildman–Crippen MR) is 109 cm³/mol. The molecule has 1 fully saturated rings. The highest BCUT2D eigenvalue weighted by Crippen LogP contribution is 2.19. The van der Waals surface area contributed by atoms with E-state index in [0.29, 0.717) is 5.69 Å². The van der Waals surface area contributed by atoms with Gasteiger partial charge < -0.3 is 19.9 Å². The van der Waals surface area contributed by atoms with Gasteiger partial charge in [0.25, 0.3) is 5.91 Å². The van der Waals surface area contributed by atoms with Gasteiger partial charge in [-0.15, -0.1) is 0 Å². The van der Waals surface area contributed by atoms with Crippen LogP contribution in [0.25, 0.3) is 0 Å². The van der Waals surface area contributed by atoms with E-state index in [1.807, 2.05) is 24.3 Å². The minimum Gasteiger partial charge on any atom is -0.452 e. The molecule has 1 aromatic heterocycles. The first kappa shape index (κ1) is 20.1. The van der Waals surface area contributed by atoms with Crippen LogP contribution in [0, 0.1) is 0 Å².